The summed E-state index contributed by atoms with van der Waals surface area (Å²) in [6, 6.07) is 3.90. The van der Waals surface area contributed by atoms with Crippen molar-refractivity contribution in [1.82, 2.24) is 4.98 Å². The maximum Gasteiger partial charge on any atom is 0.129 e. The third-order valence-electron chi connectivity index (χ3n) is 2.79. The summed E-state index contributed by atoms with van der Waals surface area (Å²) < 4.78 is 13.1. The van der Waals surface area contributed by atoms with Gasteiger partial charge in [0.1, 0.15) is 12.3 Å². The molecule has 1 aliphatic heterocycles. The van der Waals surface area contributed by atoms with Crippen molar-refractivity contribution in [3.05, 3.63) is 18.3 Å². The van der Waals surface area contributed by atoms with E-state index in [2.05, 4.69) is 4.98 Å². The van der Waals surface area contributed by atoms with Crippen molar-refractivity contribution in [3.8, 4) is 0 Å². The van der Waals surface area contributed by atoms with Gasteiger partial charge in [-0.25, -0.2) is 9.37 Å². The second-order valence-electron chi connectivity index (χ2n) is 3.88. The number of hydrogen-bond donors (Lipinski definition) is 1. The molecule has 1 aromatic rings. The maximum absolute atomic E-state index is 13.1. The summed E-state index contributed by atoms with van der Waals surface area (Å²) in [5, 5.41) is 10.4. The molecule has 0 aromatic carbocycles. The average Bonchev–Trinajstić information content (AvgIpc) is 2.33. The summed E-state index contributed by atoms with van der Waals surface area (Å²) in [6.07, 6.45) is 2.16. The summed E-state index contributed by atoms with van der Waals surface area (Å²) in [5.41, 5.74) is 0.948. The summed E-state index contributed by atoms with van der Waals surface area (Å²) in [5.74, 6) is 0. The number of β-amino-alcohol motifs (C(OH)–C–C–N with tert-alkyl or cyclic N) is 1. The van der Waals surface area contributed by atoms with Crippen LogP contribution in [-0.4, -0.2) is 41.7 Å². The molecule has 16 heavy (non-hydrogen) atoms. The Morgan fingerprint density at radius 2 is 2.38 bits per heavy atom. The first-order chi connectivity index (χ1) is 7.70. The van der Waals surface area contributed by atoms with Crippen molar-refractivity contribution in [2.24, 2.45) is 0 Å². The number of piperidine rings is 1. The van der Waals surface area contributed by atoms with Crippen molar-refractivity contribution in [2.45, 2.75) is 23.7 Å². The minimum atomic E-state index is -1.09. The van der Waals surface area contributed by atoms with Crippen LogP contribution in [0.3, 0.4) is 0 Å². The van der Waals surface area contributed by atoms with Gasteiger partial charge in [0.15, 0.2) is 0 Å². The van der Waals surface area contributed by atoms with Gasteiger partial charge >= 0.3 is 0 Å². The molecular weight excluding hydrogens is 227 g/mol. The van der Waals surface area contributed by atoms with Crippen LogP contribution in [0.1, 0.15) is 6.42 Å². The molecule has 0 bridgehead atoms. The number of hydrogen-bond acceptors (Lipinski definition) is 4. The predicted octanol–water partition coefficient (Wildman–Crippen LogP) is 1.71. The van der Waals surface area contributed by atoms with Crippen molar-refractivity contribution in [3.63, 3.8) is 0 Å². The third kappa shape index (κ3) is 2.47. The molecule has 0 aliphatic carbocycles. The zero-order valence-corrected chi connectivity index (χ0v) is 9.95. The molecule has 1 fully saturated rings. The normalized spacial score (nSPS) is 25.8. The van der Waals surface area contributed by atoms with E-state index in [1.54, 1.807) is 18.0 Å². The highest BCUT2D eigenvalue weighted by molar-refractivity contribution is 7.98. The SMILES string of the molecule is CSc1ccc(N2CC[C@@H](F)[C@@H](O)C2)cn1. The van der Waals surface area contributed by atoms with Crippen LogP contribution in [0, 0.1) is 0 Å². The predicted molar refractivity (Wildman–Crippen MR) is 63.8 cm³/mol. The number of anilines is 1. The lowest BCUT2D eigenvalue weighted by Crippen LogP contribution is -2.45. The molecule has 0 spiro atoms. The Hall–Kier alpha value is -0.810. The smallest absolute Gasteiger partial charge is 0.129 e. The van der Waals surface area contributed by atoms with E-state index in [4.69, 9.17) is 0 Å². The second kappa shape index (κ2) is 5.01. The lowest BCUT2D eigenvalue weighted by molar-refractivity contribution is 0.0645. The van der Waals surface area contributed by atoms with Gasteiger partial charge in [0, 0.05) is 13.1 Å². The minimum Gasteiger partial charge on any atom is -0.388 e. The van der Waals surface area contributed by atoms with Crippen molar-refractivity contribution in [1.29, 1.82) is 0 Å². The molecule has 0 amide bonds. The van der Waals surface area contributed by atoms with E-state index in [1.807, 2.05) is 23.3 Å². The molecular formula is C11H15FN2OS. The van der Waals surface area contributed by atoms with Gasteiger partial charge < -0.3 is 10.0 Å². The molecule has 3 nitrogen and oxygen atoms in total. The van der Waals surface area contributed by atoms with Crippen LogP contribution in [-0.2, 0) is 0 Å². The molecule has 1 saturated heterocycles. The Bertz CT molecular complexity index is 346. The van der Waals surface area contributed by atoms with E-state index in [1.165, 1.54) is 0 Å². The van der Waals surface area contributed by atoms with E-state index in [0.717, 1.165) is 10.7 Å². The van der Waals surface area contributed by atoms with Crippen molar-refractivity contribution >= 4 is 17.4 Å². The van der Waals surface area contributed by atoms with Crippen molar-refractivity contribution < 1.29 is 9.50 Å². The lowest BCUT2D eigenvalue weighted by Gasteiger charge is -2.33. The fourth-order valence-electron chi connectivity index (χ4n) is 1.82. The summed E-state index contributed by atoms with van der Waals surface area (Å²) in [7, 11) is 0. The van der Waals surface area contributed by atoms with Gasteiger partial charge in [-0.05, 0) is 24.8 Å². The number of thioether (sulfide) groups is 1. The Labute approximate surface area is 98.7 Å². The number of pyridine rings is 1. The minimum absolute atomic E-state index is 0.349. The third-order valence-corrected chi connectivity index (χ3v) is 3.45. The summed E-state index contributed by atoms with van der Waals surface area (Å²) in [4.78, 5) is 6.23. The molecule has 2 atom stereocenters. The van der Waals surface area contributed by atoms with Gasteiger partial charge in [-0.1, -0.05) is 0 Å². The zero-order valence-electron chi connectivity index (χ0n) is 9.14. The van der Waals surface area contributed by atoms with Gasteiger partial charge in [-0.15, -0.1) is 11.8 Å². The highest BCUT2D eigenvalue weighted by atomic mass is 32.2. The van der Waals surface area contributed by atoms with Crippen LogP contribution >= 0.6 is 11.8 Å². The Balaban J connectivity index is 2.06. The molecule has 5 heteroatoms. The van der Waals surface area contributed by atoms with E-state index in [0.29, 0.717) is 19.5 Å². The largest absolute Gasteiger partial charge is 0.388 e. The van der Waals surface area contributed by atoms with Crippen LogP contribution < -0.4 is 4.90 Å². The quantitative estimate of drug-likeness (QED) is 0.801. The Morgan fingerprint density at radius 1 is 1.56 bits per heavy atom. The highest BCUT2D eigenvalue weighted by Gasteiger charge is 2.27. The first-order valence-corrected chi connectivity index (χ1v) is 6.50. The van der Waals surface area contributed by atoms with E-state index < -0.39 is 12.3 Å². The highest BCUT2D eigenvalue weighted by Crippen LogP contribution is 2.22. The number of aromatic nitrogens is 1. The Kier molecular flexibility index (Phi) is 3.66. The van der Waals surface area contributed by atoms with E-state index in [-0.39, 0.29) is 0 Å². The number of nitrogens with zero attached hydrogens (tertiary/aromatic N) is 2. The molecule has 2 heterocycles. The van der Waals surface area contributed by atoms with Gasteiger partial charge in [-0.3, -0.25) is 0 Å². The zero-order chi connectivity index (χ0) is 11.5. The van der Waals surface area contributed by atoms with E-state index in [9.17, 15) is 9.50 Å². The first kappa shape index (κ1) is 11.7. The van der Waals surface area contributed by atoms with Gasteiger partial charge in [0.05, 0.1) is 16.9 Å². The standard InChI is InChI=1S/C11H15FN2OS/c1-16-11-3-2-8(6-13-11)14-5-4-9(12)10(15)7-14/h2-3,6,9-10,15H,4-5,7H2,1H3/t9-,10+/m1/s1. The van der Waals surface area contributed by atoms with Gasteiger partial charge in [0.25, 0.3) is 0 Å². The fraction of sp³-hybridized carbons (Fsp3) is 0.545. The topological polar surface area (TPSA) is 36.4 Å². The Morgan fingerprint density at radius 3 is 2.94 bits per heavy atom. The van der Waals surface area contributed by atoms with E-state index >= 15 is 0 Å². The molecule has 1 aliphatic rings. The molecule has 0 saturated carbocycles. The number of aliphatic hydroxyl groups is 1. The molecule has 88 valence electrons. The maximum atomic E-state index is 13.1. The van der Waals surface area contributed by atoms with Crippen LogP contribution in [0.4, 0.5) is 10.1 Å². The first-order valence-electron chi connectivity index (χ1n) is 5.28. The molecule has 1 aromatic heterocycles. The monoisotopic (exact) mass is 242 g/mol. The average molecular weight is 242 g/mol. The van der Waals surface area contributed by atoms with Crippen LogP contribution in [0.2, 0.25) is 0 Å². The second-order valence-corrected chi connectivity index (χ2v) is 4.70. The van der Waals surface area contributed by atoms with Crippen molar-refractivity contribution in [2.75, 3.05) is 24.2 Å². The fourth-order valence-corrected chi connectivity index (χ4v) is 2.18. The van der Waals surface area contributed by atoms with Gasteiger partial charge in [-0.2, -0.15) is 0 Å². The molecule has 0 radical (unpaired) electrons. The van der Waals surface area contributed by atoms with Crippen LogP contribution in [0.15, 0.2) is 23.4 Å². The number of aliphatic hydroxyl groups excluding tert-OH is 1. The summed E-state index contributed by atoms with van der Waals surface area (Å²) >= 11 is 1.59. The number of alkyl halides is 1. The molecule has 2 rings (SSSR count). The van der Waals surface area contributed by atoms with Crippen LogP contribution in [0.5, 0.6) is 0 Å². The number of halogens is 1. The van der Waals surface area contributed by atoms with Gasteiger partial charge in [0.2, 0.25) is 0 Å². The summed E-state index contributed by atoms with van der Waals surface area (Å²) in [6.45, 7) is 0.986. The lowest BCUT2D eigenvalue weighted by atomic mass is 10.1. The van der Waals surface area contributed by atoms with Crippen LogP contribution in [0.25, 0.3) is 0 Å². The molecule has 0 unspecified atom stereocenters. The molecule has 1 N–H and O–H groups in total. The number of rotatable bonds is 2.